The lowest BCUT2D eigenvalue weighted by molar-refractivity contribution is -0.126. The van der Waals surface area contributed by atoms with Crippen molar-refractivity contribution in [2.75, 3.05) is 42.6 Å². The van der Waals surface area contributed by atoms with Crippen LogP contribution >= 0.6 is 0 Å². The molecule has 1 saturated heterocycles. The summed E-state index contributed by atoms with van der Waals surface area (Å²) < 4.78 is 0. The Balaban J connectivity index is 1.64. The van der Waals surface area contributed by atoms with Crippen molar-refractivity contribution in [3.63, 3.8) is 0 Å². The van der Waals surface area contributed by atoms with Crippen molar-refractivity contribution in [1.82, 2.24) is 15.1 Å². The lowest BCUT2D eigenvalue weighted by atomic mass is 10.0. The molecule has 0 aliphatic carbocycles. The third-order valence-electron chi connectivity index (χ3n) is 6.80. The molecule has 3 N–H and O–H groups in total. The van der Waals surface area contributed by atoms with Gasteiger partial charge in [-0.1, -0.05) is 56.7 Å². The van der Waals surface area contributed by atoms with E-state index in [1.54, 1.807) is 0 Å². The van der Waals surface area contributed by atoms with Gasteiger partial charge in [-0.3, -0.25) is 14.6 Å². The van der Waals surface area contributed by atoms with Gasteiger partial charge in [0.2, 0.25) is 5.91 Å². The Kier molecular flexibility index (Phi) is 10.5. The Morgan fingerprint density at radius 2 is 1.68 bits per heavy atom. The Bertz CT molecular complexity index is 1000. The van der Waals surface area contributed by atoms with Crippen LogP contribution in [-0.2, 0) is 4.79 Å². The van der Waals surface area contributed by atoms with Crippen molar-refractivity contribution in [3.8, 4) is 0 Å². The van der Waals surface area contributed by atoms with Crippen molar-refractivity contribution in [3.05, 3.63) is 72.9 Å². The standard InChI is InChI=1S/C29H42N6O2/c1-5-7-11-18-31-28(36)27(24-12-9-8-10-13-24)33-21-19-32(20-22-33)25-14-16-26(17-15-25)35(30)29(37)34(6-2)23(3)4/h6,8-10,12-17,23,27H,2,5,7,11,18-22,30H2,1,3-4H3,(H,31,36). The molecule has 1 aliphatic rings. The maximum Gasteiger partial charge on any atom is 0.343 e. The maximum absolute atomic E-state index is 13.2. The van der Waals surface area contributed by atoms with Gasteiger partial charge < -0.3 is 10.2 Å². The van der Waals surface area contributed by atoms with E-state index in [0.29, 0.717) is 12.2 Å². The van der Waals surface area contributed by atoms with Crippen molar-refractivity contribution >= 4 is 23.3 Å². The molecule has 3 rings (SSSR count). The molecule has 2 aromatic rings. The summed E-state index contributed by atoms with van der Waals surface area (Å²) in [5.74, 6) is 6.18. The summed E-state index contributed by atoms with van der Waals surface area (Å²) in [5.41, 5.74) is 2.70. The average Bonchev–Trinajstić information content (AvgIpc) is 2.92. The monoisotopic (exact) mass is 506 g/mol. The minimum absolute atomic E-state index is 0.0373. The van der Waals surface area contributed by atoms with Crippen molar-refractivity contribution < 1.29 is 9.59 Å². The highest BCUT2D eigenvalue weighted by atomic mass is 16.2. The number of benzene rings is 2. The van der Waals surface area contributed by atoms with Crippen LogP contribution in [0, 0.1) is 0 Å². The summed E-state index contributed by atoms with van der Waals surface area (Å²) in [6, 6.07) is 17.1. The Morgan fingerprint density at radius 3 is 2.24 bits per heavy atom. The molecule has 1 fully saturated rings. The van der Waals surface area contributed by atoms with E-state index in [1.807, 2.05) is 68.4 Å². The quantitative estimate of drug-likeness (QED) is 0.203. The number of nitrogens with two attached hydrogens (primary N) is 1. The van der Waals surface area contributed by atoms with E-state index in [0.717, 1.165) is 61.7 Å². The van der Waals surface area contributed by atoms with E-state index in [4.69, 9.17) is 5.84 Å². The summed E-state index contributed by atoms with van der Waals surface area (Å²) in [4.78, 5) is 32.0. The molecule has 1 heterocycles. The molecule has 0 saturated carbocycles. The molecule has 8 heteroatoms. The molecule has 3 amide bonds. The van der Waals surface area contributed by atoms with Gasteiger partial charge in [-0.2, -0.15) is 0 Å². The first-order chi connectivity index (χ1) is 17.9. The smallest absolute Gasteiger partial charge is 0.343 e. The third-order valence-corrected chi connectivity index (χ3v) is 6.80. The summed E-state index contributed by atoms with van der Waals surface area (Å²) >= 11 is 0. The minimum atomic E-state index is -0.328. The van der Waals surface area contributed by atoms with Gasteiger partial charge >= 0.3 is 6.03 Å². The minimum Gasteiger partial charge on any atom is -0.369 e. The zero-order chi connectivity index (χ0) is 26.8. The molecule has 2 aromatic carbocycles. The van der Waals surface area contributed by atoms with E-state index in [-0.39, 0.29) is 24.0 Å². The average molecular weight is 507 g/mol. The zero-order valence-corrected chi connectivity index (χ0v) is 22.5. The fourth-order valence-corrected chi connectivity index (χ4v) is 4.65. The Labute approximate surface area is 221 Å². The summed E-state index contributed by atoms with van der Waals surface area (Å²) in [5, 5.41) is 4.30. The van der Waals surface area contributed by atoms with Gasteiger partial charge in [0.15, 0.2) is 0 Å². The summed E-state index contributed by atoms with van der Waals surface area (Å²) in [7, 11) is 0. The molecular formula is C29H42N6O2. The summed E-state index contributed by atoms with van der Waals surface area (Å²) in [6.07, 6.45) is 4.75. The molecule has 8 nitrogen and oxygen atoms in total. The number of hydrazine groups is 1. The van der Waals surface area contributed by atoms with Crippen LogP contribution in [0.3, 0.4) is 0 Å². The van der Waals surface area contributed by atoms with E-state index < -0.39 is 0 Å². The number of unbranched alkanes of at least 4 members (excludes halogenated alkanes) is 2. The second-order valence-electron chi connectivity index (χ2n) is 9.69. The molecule has 37 heavy (non-hydrogen) atoms. The topological polar surface area (TPSA) is 85.2 Å². The van der Waals surface area contributed by atoms with E-state index in [2.05, 4.69) is 28.6 Å². The van der Waals surface area contributed by atoms with Crippen LogP contribution in [0.4, 0.5) is 16.2 Å². The largest absolute Gasteiger partial charge is 0.369 e. The number of urea groups is 1. The number of hydrogen-bond donors (Lipinski definition) is 2. The van der Waals surface area contributed by atoms with E-state index in [1.165, 1.54) is 11.1 Å². The number of nitrogens with zero attached hydrogens (tertiary/aromatic N) is 4. The van der Waals surface area contributed by atoms with Crippen molar-refractivity contribution in [2.24, 2.45) is 5.84 Å². The van der Waals surface area contributed by atoms with Crippen LogP contribution < -0.4 is 21.1 Å². The van der Waals surface area contributed by atoms with Crippen LogP contribution in [0.25, 0.3) is 0 Å². The van der Waals surface area contributed by atoms with Gasteiger partial charge in [0.25, 0.3) is 0 Å². The Morgan fingerprint density at radius 1 is 1.03 bits per heavy atom. The van der Waals surface area contributed by atoms with Gasteiger partial charge in [-0.05, 0) is 50.1 Å². The lowest BCUT2D eigenvalue weighted by Crippen LogP contribution is -2.51. The van der Waals surface area contributed by atoms with Gasteiger partial charge in [-0.15, -0.1) is 0 Å². The van der Waals surface area contributed by atoms with Gasteiger partial charge in [-0.25, -0.2) is 15.6 Å². The highest BCUT2D eigenvalue weighted by Crippen LogP contribution is 2.26. The molecule has 0 radical (unpaired) electrons. The lowest BCUT2D eigenvalue weighted by Gasteiger charge is -2.40. The van der Waals surface area contributed by atoms with Crippen LogP contribution in [-0.4, -0.2) is 60.5 Å². The Hall–Kier alpha value is -3.36. The van der Waals surface area contributed by atoms with Crippen LogP contribution in [0.1, 0.15) is 51.6 Å². The molecule has 1 unspecified atom stereocenters. The third kappa shape index (κ3) is 7.33. The normalized spacial score (nSPS) is 14.8. The first-order valence-electron chi connectivity index (χ1n) is 13.3. The second-order valence-corrected chi connectivity index (χ2v) is 9.69. The van der Waals surface area contributed by atoms with Crippen LogP contribution in [0.5, 0.6) is 0 Å². The number of carbonyl (C=O) groups is 2. The highest BCUT2D eigenvalue weighted by molar-refractivity contribution is 5.91. The van der Waals surface area contributed by atoms with E-state index >= 15 is 0 Å². The number of rotatable bonds is 11. The first-order valence-corrected chi connectivity index (χ1v) is 13.3. The number of nitrogens with one attached hydrogen (secondary N) is 1. The molecular weight excluding hydrogens is 464 g/mol. The number of carbonyl (C=O) groups excluding carboxylic acids is 2. The number of hydrogen-bond acceptors (Lipinski definition) is 5. The second kappa shape index (κ2) is 13.8. The van der Waals surface area contributed by atoms with Crippen molar-refractivity contribution in [2.45, 2.75) is 52.1 Å². The molecule has 200 valence electrons. The molecule has 1 aliphatic heterocycles. The predicted molar refractivity (Wildman–Crippen MR) is 151 cm³/mol. The maximum atomic E-state index is 13.2. The fraction of sp³-hybridized carbons (Fsp3) is 0.448. The number of piperazine rings is 1. The summed E-state index contributed by atoms with van der Waals surface area (Å²) in [6.45, 7) is 13.6. The fourth-order valence-electron chi connectivity index (χ4n) is 4.65. The van der Waals surface area contributed by atoms with Gasteiger partial charge in [0, 0.05) is 50.7 Å². The van der Waals surface area contributed by atoms with Gasteiger partial charge in [0.05, 0.1) is 5.69 Å². The molecule has 1 atom stereocenters. The molecule has 0 spiro atoms. The van der Waals surface area contributed by atoms with Crippen LogP contribution in [0.2, 0.25) is 0 Å². The predicted octanol–water partition coefficient (Wildman–Crippen LogP) is 4.51. The highest BCUT2D eigenvalue weighted by Gasteiger charge is 2.30. The SMILES string of the molecule is C=CN(C(=O)N(N)c1ccc(N2CCN(C(C(=O)NCCCCC)c3ccccc3)CC2)cc1)C(C)C. The van der Waals surface area contributed by atoms with Crippen molar-refractivity contribution in [1.29, 1.82) is 0 Å². The van der Waals surface area contributed by atoms with Gasteiger partial charge in [0.1, 0.15) is 6.04 Å². The zero-order valence-electron chi connectivity index (χ0n) is 22.5. The first kappa shape index (κ1) is 28.2. The van der Waals surface area contributed by atoms with E-state index in [9.17, 15) is 9.59 Å². The number of anilines is 2. The molecule has 0 bridgehead atoms. The number of amides is 3. The van der Waals surface area contributed by atoms with Crippen LogP contribution in [0.15, 0.2) is 67.4 Å². The molecule has 0 aromatic heterocycles.